The molecule has 0 fully saturated rings. The molecule has 0 aliphatic heterocycles. The summed E-state index contributed by atoms with van der Waals surface area (Å²) >= 11 is 0. The van der Waals surface area contributed by atoms with Crippen LogP contribution in [0.2, 0.25) is 0 Å². The van der Waals surface area contributed by atoms with Gasteiger partial charge < -0.3 is 5.73 Å². The zero-order chi connectivity index (χ0) is 11.0. The molecule has 0 saturated heterocycles. The summed E-state index contributed by atoms with van der Waals surface area (Å²) < 4.78 is 1.60. The van der Waals surface area contributed by atoms with E-state index in [1.165, 1.54) is 0 Å². The Kier molecular flexibility index (Phi) is 1.79. The molecule has 16 heavy (non-hydrogen) atoms. The maximum Gasteiger partial charge on any atom is 0.177 e. The van der Waals surface area contributed by atoms with Crippen molar-refractivity contribution in [3.63, 3.8) is 0 Å². The number of anilines is 1. The minimum atomic E-state index is 0.461. The van der Waals surface area contributed by atoms with Crippen molar-refractivity contribution in [1.29, 1.82) is 0 Å². The van der Waals surface area contributed by atoms with Gasteiger partial charge in [-0.3, -0.25) is 0 Å². The average molecular weight is 212 g/mol. The lowest BCUT2D eigenvalue weighted by Crippen LogP contribution is -1.97. The molecule has 0 spiro atoms. The lowest BCUT2D eigenvalue weighted by Gasteiger charge is -2.03. The first kappa shape index (κ1) is 8.78. The Morgan fingerprint density at radius 3 is 3.00 bits per heavy atom. The fraction of sp³-hybridized carbons (Fsp3) is 0. The molecule has 0 amide bonds. The van der Waals surface area contributed by atoms with Crippen molar-refractivity contribution in [3.8, 4) is 11.3 Å². The van der Waals surface area contributed by atoms with Gasteiger partial charge in [-0.15, -0.1) is 10.2 Å². The number of nitrogens with zero attached hydrogens (tertiary/aromatic N) is 5. The number of hydrogen-bond donors (Lipinski definition) is 1. The van der Waals surface area contributed by atoms with Gasteiger partial charge in [-0.2, -0.15) is 9.61 Å². The highest BCUT2D eigenvalue weighted by Gasteiger charge is 2.05. The number of rotatable bonds is 1. The molecule has 3 rings (SSSR count). The van der Waals surface area contributed by atoms with Crippen LogP contribution in [-0.4, -0.2) is 24.8 Å². The molecule has 0 radical (unpaired) electrons. The smallest absolute Gasteiger partial charge is 0.177 e. The van der Waals surface area contributed by atoms with Gasteiger partial charge >= 0.3 is 0 Å². The zero-order valence-corrected chi connectivity index (χ0v) is 8.28. The maximum absolute atomic E-state index is 5.78. The third kappa shape index (κ3) is 1.28. The summed E-state index contributed by atoms with van der Waals surface area (Å²) in [7, 11) is 0. The van der Waals surface area contributed by atoms with E-state index in [4.69, 9.17) is 5.73 Å². The Bertz CT molecular complexity index is 644. The van der Waals surface area contributed by atoms with Crippen molar-refractivity contribution >= 4 is 11.5 Å². The monoisotopic (exact) mass is 212 g/mol. The molecule has 0 bridgehead atoms. The van der Waals surface area contributed by atoms with E-state index in [-0.39, 0.29) is 0 Å². The first-order valence-corrected chi connectivity index (χ1v) is 4.72. The first-order valence-electron chi connectivity index (χ1n) is 4.72. The molecule has 0 aliphatic carbocycles. The minimum absolute atomic E-state index is 0.461. The Hall–Kier alpha value is -2.50. The summed E-state index contributed by atoms with van der Waals surface area (Å²) in [5, 5.41) is 12.0. The largest absolute Gasteiger partial charge is 0.383 e. The van der Waals surface area contributed by atoms with Crippen molar-refractivity contribution in [2.24, 2.45) is 0 Å². The number of pyridine rings is 1. The molecule has 3 aromatic rings. The number of nitrogens with two attached hydrogens (primary N) is 1. The summed E-state index contributed by atoms with van der Waals surface area (Å²) in [5.41, 5.74) is 8.03. The Labute approximate surface area is 90.8 Å². The predicted molar refractivity (Wildman–Crippen MR) is 58.4 cm³/mol. The second kappa shape index (κ2) is 3.27. The summed E-state index contributed by atoms with van der Waals surface area (Å²) in [6.07, 6.45) is 3.20. The summed E-state index contributed by atoms with van der Waals surface area (Å²) in [5.74, 6) is 0.461. The number of fused-ring (bicyclic) bond motifs is 1. The molecule has 6 nitrogen and oxygen atoms in total. The molecule has 0 saturated carbocycles. The zero-order valence-electron chi connectivity index (χ0n) is 8.28. The summed E-state index contributed by atoms with van der Waals surface area (Å²) in [6, 6.07) is 7.38. The van der Waals surface area contributed by atoms with Crippen molar-refractivity contribution in [1.82, 2.24) is 24.8 Å². The minimum Gasteiger partial charge on any atom is -0.383 e. The second-order valence-corrected chi connectivity index (χ2v) is 3.29. The molecular weight excluding hydrogens is 204 g/mol. The van der Waals surface area contributed by atoms with E-state index < -0.39 is 0 Å². The Morgan fingerprint density at radius 1 is 1.19 bits per heavy atom. The van der Waals surface area contributed by atoms with Crippen LogP contribution >= 0.6 is 0 Å². The summed E-state index contributed by atoms with van der Waals surface area (Å²) in [4.78, 5) is 4.02. The van der Waals surface area contributed by atoms with E-state index >= 15 is 0 Å². The highest BCUT2D eigenvalue weighted by Crippen LogP contribution is 2.21. The van der Waals surface area contributed by atoms with Crippen molar-refractivity contribution in [3.05, 3.63) is 36.8 Å². The molecule has 3 heterocycles. The number of hydrogen-bond acceptors (Lipinski definition) is 5. The van der Waals surface area contributed by atoms with Gasteiger partial charge in [0.05, 0.1) is 5.69 Å². The van der Waals surface area contributed by atoms with Crippen LogP contribution in [0.4, 0.5) is 5.82 Å². The van der Waals surface area contributed by atoms with E-state index in [0.29, 0.717) is 11.5 Å². The van der Waals surface area contributed by atoms with Gasteiger partial charge in [0.15, 0.2) is 5.65 Å². The predicted octanol–water partition coefficient (Wildman–Crippen LogP) is 0.768. The van der Waals surface area contributed by atoms with Crippen LogP contribution in [-0.2, 0) is 0 Å². The van der Waals surface area contributed by atoms with Gasteiger partial charge in [0.1, 0.15) is 12.1 Å². The standard InChI is InChI=1S/C10H8N6/c11-10-7(2-1-5-12-10)8-3-4-9-14-13-6-16(9)15-8/h1-6H,(H2,11,12). The molecule has 2 N–H and O–H groups in total. The Morgan fingerprint density at radius 2 is 2.12 bits per heavy atom. The van der Waals surface area contributed by atoms with Gasteiger partial charge in [0.25, 0.3) is 0 Å². The molecule has 0 aliphatic rings. The van der Waals surface area contributed by atoms with Crippen LogP contribution in [0, 0.1) is 0 Å². The molecule has 3 aromatic heterocycles. The van der Waals surface area contributed by atoms with Crippen LogP contribution < -0.4 is 5.73 Å². The normalized spacial score (nSPS) is 10.8. The fourth-order valence-corrected chi connectivity index (χ4v) is 1.51. The van der Waals surface area contributed by atoms with Gasteiger partial charge in [0, 0.05) is 11.8 Å². The lowest BCUT2D eigenvalue weighted by molar-refractivity contribution is 0.932. The molecule has 0 aromatic carbocycles. The molecule has 78 valence electrons. The first-order chi connectivity index (χ1) is 7.84. The van der Waals surface area contributed by atoms with E-state index in [2.05, 4.69) is 20.3 Å². The topological polar surface area (TPSA) is 82.0 Å². The lowest BCUT2D eigenvalue weighted by atomic mass is 10.2. The van der Waals surface area contributed by atoms with Gasteiger partial charge in [-0.1, -0.05) is 0 Å². The van der Waals surface area contributed by atoms with Crippen LogP contribution in [0.3, 0.4) is 0 Å². The van der Waals surface area contributed by atoms with Gasteiger partial charge in [-0.05, 0) is 24.3 Å². The SMILES string of the molecule is Nc1ncccc1-c1ccc2nncn2n1. The molecule has 0 unspecified atom stereocenters. The van der Waals surface area contributed by atoms with Crippen molar-refractivity contribution < 1.29 is 0 Å². The second-order valence-electron chi connectivity index (χ2n) is 3.29. The van der Waals surface area contributed by atoms with Crippen LogP contribution in [0.5, 0.6) is 0 Å². The quantitative estimate of drug-likeness (QED) is 0.644. The van der Waals surface area contributed by atoms with Crippen LogP contribution in [0.1, 0.15) is 0 Å². The van der Waals surface area contributed by atoms with E-state index in [1.54, 1.807) is 17.0 Å². The average Bonchev–Trinajstić information content (AvgIpc) is 2.76. The van der Waals surface area contributed by atoms with Crippen molar-refractivity contribution in [2.75, 3.05) is 5.73 Å². The van der Waals surface area contributed by atoms with Gasteiger partial charge in [0.2, 0.25) is 0 Å². The van der Waals surface area contributed by atoms with Crippen LogP contribution in [0.25, 0.3) is 16.9 Å². The third-order valence-corrected chi connectivity index (χ3v) is 2.28. The van der Waals surface area contributed by atoms with Crippen LogP contribution in [0.15, 0.2) is 36.8 Å². The number of aromatic nitrogens is 5. The van der Waals surface area contributed by atoms with Crippen molar-refractivity contribution in [2.45, 2.75) is 0 Å². The third-order valence-electron chi connectivity index (χ3n) is 2.28. The number of nitrogen functional groups attached to an aromatic ring is 1. The van der Waals surface area contributed by atoms with E-state index in [9.17, 15) is 0 Å². The van der Waals surface area contributed by atoms with E-state index in [1.807, 2.05) is 24.3 Å². The maximum atomic E-state index is 5.78. The molecular formula is C10H8N6. The fourth-order valence-electron chi connectivity index (χ4n) is 1.51. The Balaban J connectivity index is 2.22. The highest BCUT2D eigenvalue weighted by molar-refractivity contribution is 5.70. The summed E-state index contributed by atoms with van der Waals surface area (Å²) in [6.45, 7) is 0. The molecule has 0 atom stereocenters. The highest BCUT2D eigenvalue weighted by atomic mass is 15.3. The molecule has 6 heteroatoms. The van der Waals surface area contributed by atoms with E-state index in [0.717, 1.165) is 11.3 Å². The van der Waals surface area contributed by atoms with Gasteiger partial charge in [-0.25, -0.2) is 4.98 Å².